The number of hydroxylamine groups is 1. The highest BCUT2D eigenvalue weighted by molar-refractivity contribution is 6.02. The Balaban J connectivity index is 1.68. The molecule has 1 aliphatic heterocycles. The third-order valence-electron chi connectivity index (χ3n) is 6.66. The van der Waals surface area contributed by atoms with Gasteiger partial charge in [0.1, 0.15) is 11.5 Å². The fourth-order valence-electron chi connectivity index (χ4n) is 4.52. The third kappa shape index (κ3) is 6.75. The number of aromatic hydroxyl groups is 2. The minimum atomic E-state index is -0.547. The molecule has 11 heteroatoms. The summed E-state index contributed by atoms with van der Waals surface area (Å²) in [7, 11) is 0. The number of nitrogens with zero attached hydrogens (tertiary/aromatic N) is 2. The van der Waals surface area contributed by atoms with Crippen molar-refractivity contribution >= 4 is 11.8 Å². The van der Waals surface area contributed by atoms with Crippen LogP contribution in [-0.2, 0) is 16.1 Å². The summed E-state index contributed by atoms with van der Waals surface area (Å²) < 4.78 is 11.1. The molecular weight excluding hydrogens is 504 g/mol. The van der Waals surface area contributed by atoms with Crippen LogP contribution in [0.15, 0.2) is 40.9 Å². The zero-order valence-corrected chi connectivity index (χ0v) is 22.1. The highest BCUT2D eigenvalue weighted by Crippen LogP contribution is 2.43. The van der Waals surface area contributed by atoms with Gasteiger partial charge in [0.15, 0.2) is 11.5 Å². The van der Waals surface area contributed by atoms with Crippen molar-refractivity contribution in [2.75, 3.05) is 32.8 Å². The number of carbonyl (C=O) groups is 2. The third-order valence-corrected chi connectivity index (χ3v) is 6.66. The molecule has 2 amide bonds. The number of hydrogen-bond donors (Lipinski definition) is 5. The highest BCUT2D eigenvalue weighted by Gasteiger charge is 2.27. The van der Waals surface area contributed by atoms with E-state index in [4.69, 9.17) is 14.5 Å². The average Bonchev–Trinajstić information content (AvgIpc) is 3.36. The Hall–Kier alpha value is -3.93. The van der Waals surface area contributed by atoms with E-state index in [0.717, 1.165) is 25.2 Å². The Bertz CT molecular complexity index is 1300. The molecule has 0 aliphatic carbocycles. The van der Waals surface area contributed by atoms with Crippen LogP contribution >= 0.6 is 0 Å². The molecule has 0 radical (unpaired) electrons. The van der Waals surface area contributed by atoms with Crippen molar-refractivity contribution in [2.24, 2.45) is 0 Å². The molecule has 0 bridgehead atoms. The Kier molecular flexibility index (Phi) is 9.18. The van der Waals surface area contributed by atoms with Gasteiger partial charge in [0.05, 0.1) is 24.3 Å². The average molecular weight is 539 g/mol. The van der Waals surface area contributed by atoms with E-state index in [-0.39, 0.29) is 41.8 Å². The van der Waals surface area contributed by atoms with Gasteiger partial charge in [0, 0.05) is 38.7 Å². The summed E-state index contributed by atoms with van der Waals surface area (Å²) in [5.41, 5.74) is 4.66. The molecule has 4 rings (SSSR count). The maximum atomic E-state index is 13.1. The van der Waals surface area contributed by atoms with Crippen molar-refractivity contribution in [3.8, 4) is 33.9 Å². The van der Waals surface area contributed by atoms with Crippen LogP contribution in [0.1, 0.15) is 54.2 Å². The Morgan fingerprint density at radius 3 is 2.46 bits per heavy atom. The lowest BCUT2D eigenvalue weighted by atomic mass is 9.94. The maximum Gasteiger partial charge on any atom is 0.274 e. The monoisotopic (exact) mass is 538 g/mol. The Morgan fingerprint density at radius 2 is 1.79 bits per heavy atom. The van der Waals surface area contributed by atoms with E-state index < -0.39 is 11.8 Å². The van der Waals surface area contributed by atoms with Crippen molar-refractivity contribution in [3.05, 3.63) is 53.2 Å². The second-order valence-electron chi connectivity index (χ2n) is 9.80. The molecule has 2 aromatic carbocycles. The normalized spacial score (nSPS) is 13.9. The van der Waals surface area contributed by atoms with Gasteiger partial charge in [0.2, 0.25) is 5.91 Å². The van der Waals surface area contributed by atoms with E-state index in [0.29, 0.717) is 41.9 Å². The number of morpholine rings is 1. The molecule has 0 atom stereocenters. The Morgan fingerprint density at radius 1 is 1.08 bits per heavy atom. The van der Waals surface area contributed by atoms with Gasteiger partial charge < -0.3 is 24.8 Å². The number of rotatable bonds is 10. The smallest absolute Gasteiger partial charge is 0.274 e. The van der Waals surface area contributed by atoms with Gasteiger partial charge in [-0.1, -0.05) is 43.3 Å². The number of phenolic OH excluding ortho intramolecular Hbond substituents is 2. The van der Waals surface area contributed by atoms with Gasteiger partial charge in [-0.15, -0.1) is 0 Å². The van der Waals surface area contributed by atoms with Crippen molar-refractivity contribution in [2.45, 2.75) is 39.2 Å². The maximum absolute atomic E-state index is 13.1. The van der Waals surface area contributed by atoms with Crippen molar-refractivity contribution in [1.82, 2.24) is 20.9 Å². The number of amides is 2. The minimum absolute atomic E-state index is 0.0242. The summed E-state index contributed by atoms with van der Waals surface area (Å²) in [4.78, 5) is 26.7. The summed E-state index contributed by atoms with van der Waals surface area (Å²) in [6.45, 7) is 7.92. The van der Waals surface area contributed by atoms with Gasteiger partial charge >= 0.3 is 0 Å². The molecule has 11 nitrogen and oxygen atoms in total. The first-order valence-electron chi connectivity index (χ1n) is 12.9. The first-order chi connectivity index (χ1) is 18.8. The quantitative estimate of drug-likeness (QED) is 0.148. The van der Waals surface area contributed by atoms with Crippen molar-refractivity contribution in [3.63, 3.8) is 0 Å². The van der Waals surface area contributed by atoms with Crippen LogP contribution in [0, 0.1) is 0 Å². The van der Waals surface area contributed by atoms with Crippen LogP contribution in [0.25, 0.3) is 22.5 Å². The highest BCUT2D eigenvalue weighted by atomic mass is 16.5. The molecule has 0 unspecified atom stereocenters. The first-order valence-corrected chi connectivity index (χ1v) is 12.9. The van der Waals surface area contributed by atoms with Crippen LogP contribution in [0.5, 0.6) is 11.5 Å². The predicted molar refractivity (Wildman–Crippen MR) is 142 cm³/mol. The molecule has 1 aromatic heterocycles. The molecule has 208 valence electrons. The summed E-state index contributed by atoms with van der Waals surface area (Å²) in [6.07, 6.45) is 0.350. The summed E-state index contributed by atoms with van der Waals surface area (Å²) in [5, 5.41) is 36.5. The number of nitrogens with one attached hydrogen (secondary N) is 2. The first kappa shape index (κ1) is 28.1. The molecule has 0 saturated carbocycles. The topological polar surface area (TPSA) is 157 Å². The van der Waals surface area contributed by atoms with Gasteiger partial charge in [-0.25, -0.2) is 5.48 Å². The molecule has 5 N–H and O–H groups in total. The lowest BCUT2D eigenvalue weighted by molar-refractivity contribution is -0.129. The van der Waals surface area contributed by atoms with Crippen molar-refractivity contribution in [1.29, 1.82) is 0 Å². The van der Waals surface area contributed by atoms with E-state index in [1.54, 1.807) is 11.5 Å². The van der Waals surface area contributed by atoms with Crippen LogP contribution in [-0.4, -0.2) is 70.1 Å². The standard InChI is InChI=1S/C28H34N4O7/c1-17(2)20-14-21(23(34)15-22(20)33)27-25(26(31-39-27)28(36)29-9-3-4-24(35)30-37)19-7-5-18(6-8-19)16-32-10-12-38-13-11-32/h5-8,14-15,17,33-34,37H,3-4,9-13,16H2,1-2H3,(H,29,36)(H,30,35). The van der Waals surface area contributed by atoms with E-state index in [1.165, 1.54) is 6.07 Å². The van der Waals surface area contributed by atoms with Crippen molar-refractivity contribution < 1.29 is 34.3 Å². The number of hydrogen-bond acceptors (Lipinski definition) is 9. The molecule has 0 spiro atoms. The summed E-state index contributed by atoms with van der Waals surface area (Å²) in [5.74, 6) is -1.14. The van der Waals surface area contributed by atoms with Crippen LogP contribution in [0.4, 0.5) is 0 Å². The van der Waals surface area contributed by atoms with Gasteiger partial charge in [-0.3, -0.25) is 19.7 Å². The largest absolute Gasteiger partial charge is 0.508 e. The van der Waals surface area contributed by atoms with Crippen LogP contribution < -0.4 is 10.8 Å². The number of aromatic nitrogens is 1. The fourth-order valence-corrected chi connectivity index (χ4v) is 4.52. The lowest BCUT2D eigenvalue weighted by Gasteiger charge is -2.26. The Labute approximate surface area is 226 Å². The van der Waals surface area contributed by atoms with E-state index in [1.807, 2.05) is 38.1 Å². The second kappa shape index (κ2) is 12.7. The molecule has 39 heavy (non-hydrogen) atoms. The zero-order chi connectivity index (χ0) is 27.9. The molecule has 2 heterocycles. The number of ether oxygens (including phenoxy) is 1. The van der Waals surface area contributed by atoms with Gasteiger partial charge in [0.25, 0.3) is 5.91 Å². The lowest BCUT2D eigenvalue weighted by Crippen LogP contribution is -2.35. The molecule has 1 fully saturated rings. The van der Waals surface area contributed by atoms with E-state index >= 15 is 0 Å². The van der Waals surface area contributed by atoms with Gasteiger partial charge in [-0.05, 0) is 35.1 Å². The summed E-state index contributed by atoms with van der Waals surface area (Å²) >= 11 is 0. The van der Waals surface area contributed by atoms with Crippen LogP contribution in [0.2, 0.25) is 0 Å². The molecule has 1 aliphatic rings. The van der Waals surface area contributed by atoms with Crippen LogP contribution in [0.3, 0.4) is 0 Å². The fraction of sp³-hybridized carbons (Fsp3) is 0.393. The number of benzene rings is 2. The predicted octanol–water partition coefficient (Wildman–Crippen LogP) is 3.39. The summed E-state index contributed by atoms with van der Waals surface area (Å²) in [6, 6.07) is 10.6. The number of phenols is 2. The van der Waals surface area contributed by atoms with E-state index in [2.05, 4.69) is 15.4 Å². The SMILES string of the molecule is CC(C)c1cc(-c2onc(C(=O)NCCCC(=O)NO)c2-c2ccc(CN3CCOCC3)cc2)c(O)cc1O. The molecule has 1 saturated heterocycles. The molecular formula is C28H34N4O7. The second-order valence-corrected chi connectivity index (χ2v) is 9.80. The van der Waals surface area contributed by atoms with E-state index in [9.17, 15) is 19.8 Å². The van der Waals surface area contributed by atoms with Gasteiger partial charge in [-0.2, -0.15) is 0 Å². The zero-order valence-electron chi connectivity index (χ0n) is 22.1. The molecule has 3 aromatic rings. The number of carbonyl (C=O) groups excluding carboxylic acids is 2. The minimum Gasteiger partial charge on any atom is -0.508 e.